The molecular weight excluding hydrogens is 354 g/mol. The molecule has 1 aromatic carbocycles. The smallest absolute Gasteiger partial charge is 0.265 e. The summed E-state index contributed by atoms with van der Waals surface area (Å²) >= 11 is 0. The van der Waals surface area contributed by atoms with Gasteiger partial charge >= 0.3 is 0 Å². The van der Waals surface area contributed by atoms with Crippen LogP contribution >= 0.6 is 0 Å². The van der Waals surface area contributed by atoms with Gasteiger partial charge in [0.2, 0.25) is 5.91 Å². The van der Waals surface area contributed by atoms with Crippen LogP contribution in [0.4, 0.5) is 5.69 Å². The highest BCUT2D eigenvalue weighted by atomic mass is 16.6. The standard InChI is InChI=1S/C22H33N3O3/c1-6-16-9-8-10-17(7-2)20(16)23-19(26)15-28-24-18-11-13-25(14-12-18)21(27)22(3,4)5/h8-10H,6-7,11-15H2,1-5H3,(H,23,26). The molecule has 2 amide bonds. The molecule has 6 heteroatoms. The summed E-state index contributed by atoms with van der Waals surface area (Å²) in [5, 5.41) is 7.10. The average Bonchev–Trinajstić information content (AvgIpc) is 2.67. The third kappa shape index (κ3) is 5.81. The summed E-state index contributed by atoms with van der Waals surface area (Å²) in [5.74, 6) is -0.0477. The number of benzene rings is 1. The zero-order valence-electron chi connectivity index (χ0n) is 17.8. The van der Waals surface area contributed by atoms with Gasteiger partial charge in [-0.2, -0.15) is 0 Å². The predicted molar refractivity (Wildman–Crippen MR) is 112 cm³/mol. The lowest BCUT2D eigenvalue weighted by Crippen LogP contribution is -2.44. The fraction of sp³-hybridized carbons (Fsp3) is 0.591. The Morgan fingerprint density at radius 2 is 1.68 bits per heavy atom. The number of anilines is 1. The van der Waals surface area contributed by atoms with Crippen LogP contribution in [-0.2, 0) is 27.3 Å². The second-order valence-corrected chi connectivity index (χ2v) is 8.18. The zero-order valence-corrected chi connectivity index (χ0v) is 17.8. The molecule has 1 aliphatic rings. The molecule has 0 aromatic heterocycles. The minimum atomic E-state index is -0.366. The number of para-hydroxylation sites is 1. The summed E-state index contributed by atoms with van der Waals surface area (Å²) in [6.45, 7) is 11.1. The molecule has 0 atom stereocenters. The fourth-order valence-corrected chi connectivity index (χ4v) is 3.29. The van der Waals surface area contributed by atoms with Crippen molar-refractivity contribution in [3.63, 3.8) is 0 Å². The summed E-state index contributed by atoms with van der Waals surface area (Å²) in [4.78, 5) is 31.8. The predicted octanol–water partition coefficient (Wildman–Crippen LogP) is 3.79. The molecule has 1 heterocycles. The van der Waals surface area contributed by atoms with Gasteiger partial charge in [-0.1, -0.05) is 58.0 Å². The van der Waals surface area contributed by atoms with Gasteiger partial charge in [0.05, 0.1) is 5.71 Å². The Kier molecular flexibility index (Phi) is 7.61. The van der Waals surface area contributed by atoms with E-state index in [-0.39, 0.29) is 23.8 Å². The van der Waals surface area contributed by atoms with E-state index in [1.807, 2.05) is 43.9 Å². The number of carbonyl (C=O) groups is 2. The zero-order chi connectivity index (χ0) is 20.7. The van der Waals surface area contributed by atoms with Crippen molar-refractivity contribution < 1.29 is 14.4 Å². The van der Waals surface area contributed by atoms with Gasteiger partial charge in [-0.15, -0.1) is 0 Å². The maximum Gasteiger partial charge on any atom is 0.265 e. The minimum absolute atomic E-state index is 0.116. The number of rotatable bonds is 6. The van der Waals surface area contributed by atoms with Crippen molar-refractivity contribution >= 4 is 23.2 Å². The van der Waals surface area contributed by atoms with E-state index < -0.39 is 0 Å². The Morgan fingerprint density at radius 1 is 1.11 bits per heavy atom. The Bertz CT molecular complexity index is 703. The summed E-state index contributed by atoms with van der Waals surface area (Å²) in [7, 11) is 0. The van der Waals surface area contributed by atoms with Gasteiger partial charge in [-0.05, 0) is 24.0 Å². The lowest BCUT2D eigenvalue weighted by molar-refractivity contribution is -0.139. The number of oxime groups is 1. The van der Waals surface area contributed by atoms with Crippen molar-refractivity contribution in [3.8, 4) is 0 Å². The first-order chi connectivity index (χ1) is 13.3. The van der Waals surface area contributed by atoms with Crippen molar-refractivity contribution in [2.24, 2.45) is 10.6 Å². The molecule has 0 radical (unpaired) electrons. The van der Waals surface area contributed by atoms with Gasteiger partial charge in [0.25, 0.3) is 5.91 Å². The van der Waals surface area contributed by atoms with E-state index >= 15 is 0 Å². The second kappa shape index (κ2) is 9.71. The van der Waals surface area contributed by atoms with E-state index in [4.69, 9.17) is 4.84 Å². The fourth-order valence-electron chi connectivity index (χ4n) is 3.29. The quantitative estimate of drug-likeness (QED) is 0.755. The van der Waals surface area contributed by atoms with Crippen LogP contribution in [-0.4, -0.2) is 42.1 Å². The van der Waals surface area contributed by atoms with E-state index in [1.165, 1.54) is 0 Å². The normalized spacial score (nSPS) is 14.6. The van der Waals surface area contributed by atoms with Crippen molar-refractivity contribution in [1.82, 2.24) is 4.90 Å². The van der Waals surface area contributed by atoms with Crippen LogP contribution in [0, 0.1) is 5.41 Å². The maximum absolute atomic E-state index is 12.3. The van der Waals surface area contributed by atoms with E-state index in [9.17, 15) is 9.59 Å². The largest absolute Gasteiger partial charge is 0.386 e. The third-order valence-electron chi connectivity index (χ3n) is 4.92. The first-order valence-corrected chi connectivity index (χ1v) is 10.1. The highest BCUT2D eigenvalue weighted by Gasteiger charge is 2.29. The molecule has 1 saturated heterocycles. The minimum Gasteiger partial charge on any atom is -0.386 e. The molecule has 6 nitrogen and oxygen atoms in total. The van der Waals surface area contributed by atoms with Gasteiger partial charge < -0.3 is 15.1 Å². The number of hydrogen-bond donors (Lipinski definition) is 1. The van der Waals surface area contributed by atoms with E-state index in [0.29, 0.717) is 25.9 Å². The van der Waals surface area contributed by atoms with Gasteiger partial charge in [-0.25, -0.2) is 0 Å². The number of likely N-dealkylation sites (tertiary alicyclic amines) is 1. The van der Waals surface area contributed by atoms with Gasteiger partial charge in [0, 0.05) is 37.0 Å². The highest BCUT2D eigenvalue weighted by Crippen LogP contribution is 2.23. The van der Waals surface area contributed by atoms with E-state index in [0.717, 1.165) is 35.4 Å². The van der Waals surface area contributed by atoms with E-state index in [1.54, 1.807) is 0 Å². The third-order valence-corrected chi connectivity index (χ3v) is 4.92. The van der Waals surface area contributed by atoms with Crippen LogP contribution in [0.2, 0.25) is 0 Å². The van der Waals surface area contributed by atoms with Crippen molar-refractivity contribution in [2.75, 3.05) is 25.0 Å². The number of aryl methyl sites for hydroxylation is 2. The number of hydrogen-bond acceptors (Lipinski definition) is 4. The van der Waals surface area contributed by atoms with Crippen molar-refractivity contribution in [2.45, 2.75) is 60.3 Å². The summed E-state index contributed by atoms with van der Waals surface area (Å²) in [5.41, 5.74) is 3.66. The Morgan fingerprint density at radius 3 is 2.18 bits per heavy atom. The number of carbonyl (C=O) groups excluding carboxylic acids is 2. The Labute approximate surface area is 168 Å². The summed E-state index contributed by atoms with van der Waals surface area (Å²) in [6.07, 6.45) is 3.08. The van der Waals surface area contributed by atoms with Crippen LogP contribution < -0.4 is 5.32 Å². The molecule has 0 saturated carbocycles. The Balaban J connectivity index is 1.84. The molecule has 1 fully saturated rings. The van der Waals surface area contributed by atoms with Crippen LogP contribution in [0.25, 0.3) is 0 Å². The summed E-state index contributed by atoms with van der Waals surface area (Å²) < 4.78 is 0. The van der Waals surface area contributed by atoms with Gasteiger partial charge in [0.15, 0.2) is 6.61 Å². The number of amides is 2. The highest BCUT2D eigenvalue weighted by molar-refractivity contribution is 5.93. The lowest BCUT2D eigenvalue weighted by Gasteiger charge is -2.32. The summed E-state index contributed by atoms with van der Waals surface area (Å²) in [6, 6.07) is 6.08. The van der Waals surface area contributed by atoms with Gasteiger partial charge in [-0.3, -0.25) is 9.59 Å². The van der Waals surface area contributed by atoms with Crippen LogP contribution in [0.3, 0.4) is 0 Å². The van der Waals surface area contributed by atoms with Crippen molar-refractivity contribution in [3.05, 3.63) is 29.3 Å². The maximum atomic E-state index is 12.3. The number of piperidine rings is 1. The van der Waals surface area contributed by atoms with Crippen LogP contribution in [0.1, 0.15) is 58.6 Å². The molecule has 1 N–H and O–H groups in total. The van der Waals surface area contributed by atoms with Crippen molar-refractivity contribution in [1.29, 1.82) is 0 Å². The average molecular weight is 388 g/mol. The SMILES string of the molecule is CCc1cccc(CC)c1NC(=O)CON=C1CCN(C(=O)C(C)(C)C)CC1. The molecule has 0 bridgehead atoms. The van der Waals surface area contributed by atoms with Gasteiger partial charge in [0.1, 0.15) is 0 Å². The number of nitrogens with one attached hydrogen (secondary N) is 1. The monoisotopic (exact) mass is 387 g/mol. The topological polar surface area (TPSA) is 71.0 Å². The molecule has 28 heavy (non-hydrogen) atoms. The van der Waals surface area contributed by atoms with E-state index in [2.05, 4.69) is 24.3 Å². The molecule has 0 unspecified atom stereocenters. The molecule has 1 aliphatic heterocycles. The molecule has 0 spiro atoms. The van der Waals surface area contributed by atoms with Crippen LogP contribution in [0.5, 0.6) is 0 Å². The molecule has 1 aromatic rings. The number of nitrogens with zero attached hydrogens (tertiary/aromatic N) is 2. The Hall–Kier alpha value is -2.37. The van der Waals surface area contributed by atoms with Crippen LogP contribution in [0.15, 0.2) is 23.4 Å². The first-order valence-electron chi connectivity index (χ1n) is 10.1. The second-order valence-electron chi connectivity index (χ2n) is 8.18. The first kappa shape index (κ1) is 21.9. The molecule has 2 rings (SSSR count). The lowest BCUT2D eigenvalue weighted by atomic mass is 9.93. The molecule has 0 aliphatic carbocycles. The molecular formula is C22H33N3O3. The molecule has 154 valence electrons.